The summed E-state index contributed by atoms with van der Waals surface area (Å²) in [7, 11) is 2.16. The Morgan fingerprint density at radius 1 is 1.11 bits per heavy atom. The molecule has 0 bridgehead atoms. The van der Waals surface area contributed by atoms with Gasteiger partial charge in [-0.2, -0.15) is 5.10 Å². The highest BCUT2D eigenvalue weighted by molar-refractivity contribution is 5.67. The molecule has 0 N–H and O–H groups in total. The number of likely N-dealkylation sites (tertiary alicyclic amines) is 1. The van der Waals surface area contributed by atoms with Crippen LogP contribution < -0.4 is 9.47 Å². The average Bonchev–Trinajstić information content (AvgIpc) is 2.69. The molecule has 0 aliphatic carbocycles. The number of piperidine rings is 1. The van der Waals surface area contributed by atoms with E-state index in [4.69, 9.17) is 9.47 Å². The molecule has 1 aliphatic rings. The lowest BCUT2D eigenvalue weighted by Gasteiger charge is -2.28. The van der Waals surface area contributed by atoms with E-state index < -0.39 is 0 Å². The van der Waals surface area contributed by atoms with Gasteiger partial charge in [0.1, 0.15) is 11.9 Å². The minimum absolute atomic E-state index is 0.170. The van der Waals surface area contributed by atoms with Crippen LogP contribution in [0.5, 0.6) is 11.6 Å². The van der Waals surface area contributed by atoms with Crippen molar-refractivity contribution in [1.29, 1.82) is 0 Å². The smallest absolute Gasteiger partial charge is 0.234 e. The molecule has 5 heteroatoms. The van der Waals surface area contributed by atoms with Gasteiger partial charge in [-0.1, -0.05) is 25.5 Å². The molecule has 28 heavy (non-hydrogen) atoms. The molecule has 1 aliphatic heterocycles. The SMILES string of the molecule is CCCCc1nnc(OC2CCN(C)CC2)cc1-c1ccc(OC(C)C)cc1. The van der Waals surface area contributed by atoms with E-state index in [0.29, 0.717) is 5.88 Å². The maximum Gasteiger partial charge on any atom is 0.234 e. The van der Waals surface area contributed by atoms with Gasteiger partial charge in [0.2, 0.25) is 5.88 Å². The number of rotatable bonds is 8. The quantitative estimate of drug-likeness (QED) is 0.658. The van der Waals surface area contributed by atoms with Crippen LogP contribution in [0.4, 0.5) is 0 Å². The molecule has 3 rings (SSSR count). The third-order valence-corrected chi connectivity index (χ3v) is 5.11. The van der Waals surface area contributed by atoms with Crippen molar-refractivity contribution in [3.05, 3.63) is 36.0 Å². The first-order valence-corrected chi connectivity index (χ1v) is 10.5. The van der Waals surface area contributed by atoms with Gasteiger partial charge in [0.25, 0.3) is 0 Å². The first kappa shape index (κ1) is 20.6. The number of ether oxygens (including phenoxy) is 2. The van der Waals surface area contributed by atoms with E-state index in [2.05, 4.69) is 47.3 Å². The maximum absolute atomic E-state index is 6.18. The first-order valence-electron chi connectivity index (χ1n) is 10.5. The van der Waals surface area contributed by atoms with Crippen LogP contribution in [0, 0.1) is 0 Å². The Kier molecular flexibility index (Phi) is 7.26. The molecule has 0 radical (unpaired) electrons. The molecule has 1 saturated heterocycles. The van der Waals surface area contributed by atoms with Crippen LogP contribution in [0.25, 0.3) is 11.1 Å². The second-order valence-electron chi connectivity index (χ2n) is 7.96. The summed E-state index contributed by atoms with van der Waals surface area (Å²) in [5.41, 5.74) is 3.28. The van der Waals surface area contributed by atoms with Crippen molar-refractivity contribution >= 4 is 0 Å². The summed E-state index contributed by atoms with van der Waals surface area (Å²) in [5, 5.41) is 8.90. The predicted octanol–water partition coefficient (Wildman–Crippen LogP) is 4.75. The fourth-order valence-electron chi connectivity index (χ4n) is 3.49. The highest BCUT2D eigenvalue weighted by Gasteiger charge is 2.19. The summed E-state index contributed by atoms with van der Waals surface area (Å²) in [6.07, 6.45) is 5.63. The second-order valence-corrected chi connectivity index (χ2v) is 7.96. The molecule has 5 nitrogen and oxygen atoms in total. The number of hydrogen-bond donors (Lipinski definition) is 0. The molecule has 1 aromatic carbocycles. The minimum atomic E-state index is 0.170. The number of benzene rings is 1. The molecule has 0 spiro atoms. The molecular formula is C23H33N3O2. The van der Waals surface area contributed by atoms with Gasteiger partial charge < -0.3 is 14.4 Å². The molecule has 0 atom stereocenters. The zero-order valence-electron chi connectivity index (χ0n) is 17.6. The van der Waals surface area contributed by atoms with Gasteiger partial charge in [-0.3, -0.25) is 0 Å². The second kappa shape index (κ2) is 9.87. The van der Waals surface area contributed by atoms with Crippen molar-refractivity contribution < 1.29 is 9.47 Å². The molecule has 0 amide bonds. The Labute approximate surface area is 169 Å². The molecule has 0 saturated carbocycles. The van der Waals surface area contributed by atoms with E-state index in [-0.39, 0.29) is 12.2 Å². The Balaban J connectivity index is 1.81. The van der Waals surface area contributed by atoms with Gasteiger partial charge in [0, 0.05) is 24.7 Å². The van der Waals surface area contributed by atoms with E-state index >= 15 is 0 Å². The van der Waals surface area contributed by atoms with Crippen LogP contribution in [-0.4, -0.2) is 47.4 Å². The van der Waals surface area contributed by atoms with Crippen LogP contribution in [-0.2, 0) is 6.42 Å². The summed E-state index contributed by atoms with van der Waals surface area (Å²) in [5.74, 6) is 1.52. The Hall–Kier alpha value is -2.14. The topological polar surface area (TPSA) is 47.5 Å². The molecule has 2 aromatic rings. The normalized spacial score (nSPS) is 15.8. The van der Waals surface area contributed by atoms with E-state index in [0.717, 1.165) is 67.8 Å². The Morgan fingerprint density at radius 2 is 1.82 bits per heavy atom. The highest BCUT2D eigenvalue weighted by Crippen LogP contribution is 2.29. The average molecular weight is 384 g/mol. The largest absolute Gasteiger partial charge is 0.491 e. The molecule has 152 valence electrons. The van der Waals surface area contributed by atoms with E-state index in [1.165, 1.54) is 0 Å². The highest BCUT2D eigenvalue weighted by atomic mass is 16.5. The van der Waals surface area contributed by atoms with E-state index in [1.54, 1.807) is 0 Å². The monoisotopic (exact) mass is 383 g/mol. The fourth-order valence-corrected chi connectivity index (χ4v) is 3.49. The van der Waals surface area contributed by atoms with Crippen molar-refractivity contribution in [3.63, 3.8) is 0 Å². The van der Waals surface area contributed by atoms with Crippen LogP contribution in [0.15, 0.2) is 30.3 Å². The van der Waals surface area contributed by atoms with Gasteiger partial charge in [0.15, 0.2) is 0 Å². The molecular weight excluding hydrogens is 350 g/mol. The molecule has 0 unspecified atom stereocenters. The molecule has 2 heterocycles. The predicted molar refractivity (Wildman–Crippen MR) is 113 cm³/mol. The standard InChI is InChI=1S/C23H33N3O2/c1-5-6-7-22-21(18-8-10-19(11-9-18)27-17(2)3)16-23(25-24-22)28-20-12-14-26(4)15-13-20/h8-11,16-17,20H,5-7,12-15H2,1-4H3. The lowest BCUT2D eigenvalue weighted by molar-refractivity contribution is 0.109. The molecule has 1 fully saturated rings. The Morgan fingerprint density at radius 3 is 2.46 bits per heavy atom. The third-order valence-electron chi connectivity index (χ3n) is 5.11. The van der Waals surface area contributed by atoms with E-state index in [9.17, 15) is 0 Å². The summed E-state index contributed by atoms with van der Waals surface area (Å²) in [6, 6.07) is 10.3. The van der Waals surface area contributed by atoms with Crippen LogP contribution in [0.1, 0.15) is 52.1 Å². The summed E-state index contributed by atoms with van der Waals surface area (Å²) in [4.78, 5) is 2.34. The van der Waals surface area contributed by atoms with Crippen molar-refractivity contribution in [1.82, 2.24) is 15.1 Å². The zero-order chi connectivity index (χ0) is 19.9. The number of hydrogen-bond acceptors (Lipinski definition) is 5. The number of aromatic nitrogens is 2. The lowest BCUT2D eigenvalue weighted by atomic mass is 10.0. The fraction of sp³-hybridized carbons (Fsp3) is 0.565. The van der Waals surface area contributed by atoms with Crippen molar-refractivity contribution in [2.45, 2.75) is 65.1 Å². The van der Waals surface area contributed by atoms with Crippen molar-refractivity contribution in [2.24, 2.45) is 0 Å². The summed E-state index contributed by atoms with van der Waals surface area (Å²) in [6.45, 7) is 8.41. The van der Waals surface area contributed by atoms with Crippen LogP contribution in [0.2, 0.25) is 0 Å². The van der Waals surface area contributed by atoms with Gasteiger partial charge in [-0.15, -0.1) is 5.10 Å². The first-order chi connectivity index (χ1) is 13.5. The zero-order valence-corrected chi connectivity index (χ0v) is 17.6. The van der Waals surface area contributed by atoms with Gasteiger partial charge >= 0.3 is 0 Å². The number of aryl methyl sites for hydroxylation is 1. The summed E-state index contributed by atoms with van der Waals surface area (Å²) < 4.78 is 12.0. The lowest BCUT2D eigenvalue weighted by Crippen LogP contribution is -2.35. The molecule has 1 aromatic heterocycles. The number of nitrogens with zero attached hydrogens (tertiary/aromatic N) is 3. The third kappa shape index (κ3) is 5.68. The van der Waals surface area contributed by atoms with Crippen LogP contribution >= 0.6 is 0 Å². The minimum Gasteiger partial charge on any atom is -0.491 e. The summed E-state index contributed by atoms with van der Waals surface area (Å²) >= 11 is 0. The van der Waals surface area contributed by atoms with E-state index in [1.807, 2.05) is 26.0 Å². The van der Waals surface area contributed by atoms with Crippen LogP contribution in [0.3, 0.4) is 0 Å². The number of unbranched alkanes of at least 4 members (excludes halogenated alkanes) is 1. The Bertz CT molecular complexity index is 738. The maximum atomic E-state index is 6.18. The van der Waals surface area contributed by atoms with Crippen molar-refractivity contribution in [3.8, 4) is 22.8 Å². The van der Waals surface area contributed by atoms with Gasteiger partial charge in [-0.05, 0) is 64.3 Å². The van der Waals surface area contributed by atoms with Gasteiger partial charge in [-0.25, -0.2) is 0 Å². The van der Waals surface area contributed by atoms with Crippen molar-refractivity contribution in [2.75, 3.05) is 20.1 Å². The van der Waals surface area contributed by atoms with Gasteiger partial charge in [0.05, 0.1) is 11.8 Å².